The van der Waals surface area contributed by atoms with Crippen LogP contribution >= 0.6 is 0 Å². The summed E-state index contributed by atoms with van der Waals surface area (Å²) >= 11 is 0. The molecule has 4 aliphatic rings. The number of carbonyl (C=O) groups excluding carboxylic acids is 1. The van der Waals surface area contributed by atoms with Gasteiger partial charge in [0.1, 0.15) is 0 Å². The molecule has 0 unspecified atom stereocenters. The van der Waals surface area contributed by atoms with Crippen LogP contribution in [0.15, 0.2) is 12.3 Å². The smallest absolute Gasteiger partial charge is 0.254 e. The van der Waals surface area contributed by atoms with Crippen molar-refractivity contribution in [2.45, 2.75) is 90.2 Å². The number of Topliss-reactive ketones (excluding diaryl/α,β-unsaturated/α-hetero) is 1. The molecule has 172 valence electrons. The summed E-state index contributed by atoms with van der Waals surface area (Å²) in [4.78, 5) is 13.2. The molecule has 6 heteroatoms. The van der Waals surface area contributed by atoms with Crippen molar-refractivity contribution < 1.29 is 18.7 Å². The van der Waals surface area contributed by atoms with E-state index in [1.165, 1.54) is 0 Å². The number of ketones is 1. The van der Waals surface area contributed by atoms with E-state index in [0.29, 0.717) is 24.2 Å². The molecule has 0 bridgehead atoms. The first kappa shape index (κ1) is 21.5. The zero-order valence-electron chi connectivity index (χ0n) is 19.0. The Bertz CT molecular complexity index is 865. The maximum Gasteiger partial charge on any atom is 0.254 e. The average molecular weight is 435 g/mol. The van der Waals surface area contributed by atoms with Crippen molar-refractivity contribution >= 4 is 5.78 Å². The van der Waals surface area contributed by atoms with Crippen molar-refractivity contribution in [1.82, 2.24) is 9.78 Å². The highest BCUT2D eigenvalue weighted by atomic mass is 19.3. The summed E-state index contributed by atoms with van der Waals surface area (Å²) in [5, 5.41) is 14.8. The Labute approximate surface area is 183 Å². The number of nitrogens with zero attached hydrogens (tertiary/aromatic N) is 2. The minimum atomic E-state index is -2.84. The summed E-state index contributed by atoms with van der Waals surface area (Å²) in [7, 11) is 0. The van der Waals surface area contributed by atoms with Crippen molar-refractivity contribution in [2.75, 3.05) is 0 Å². The highest BCUT2D eigenvalue weighted by Gasteiger charge is 2.70. The molecule has 4 saturated carbocycles. The van der Waals surface area contributed by atoms with Crippen molar-refractivity contribution in [2.24, 2.45) is 40.9 Å². The van der Waals surface area contributed by atoms with Crippen LogP contribution in [0.4, 0.5) is 8.78 Å². The first-order valence-corrected chi connectivity index (χ1v) is 12.1. The van der Waals surface area contributed by atoms with E-state index in [4.69, 9.17) is 0 Å². The Morgan fingerprint density at radius 1 is 1.13 bits per heavy atom. The third-order valence-electron chi connectivity index (χ3n) is 9.83. The molecule has 4 aliphatic carbocycles. The highest BCUT2D eigenvalue weighted by Crippen LogP contribution is 2.69. The topological polar surface area (TPSA) is 55.1 Å². The van der Waals surface area contributed by atoms with Crippen LogP contribution in [0.1, 0.15) is 70.9 Å². The summed E-state index contributed by atoms with van der Waals surface area (Å²) in [6, 6.07) is 1.84. The van der Waals surface area contributed by atoms with Gasteiger partial charge in [-0.2, -0.15) is 5.10 Å². The van der Waals surface area contributed by atoms with Gasteiger partial charge in [0.05, 0.1) is 17.8 Å². The lowest BCUT2D eigenvalue weighted by atomic mass is 9.47. The average Bonchev–Trinajstić information content (AvgIpc) is 3.24. The predicted molar refractivity (Wildman–Crippen MR) is 114 cm³/mol. The SMILES string of the molecule is Cc1ccn(CC(=O)[C@H]2CC[C@H]3[C@@H]4CC[C@@H]5C[C@](C)(O)CC[C@@H]5[C@H]4CC(F)(F)[C@]23C)n1. The summed E-state index contributed by atoms with van der Waals surface area (Å²) in [5.41, 5.74) is -1.06. The van der Waals surface area contributed by atoms with Gasteiger partial charge in [-0.15, -0.1) is 0 Å². The van der Waals surface area contributed by atoms with Gasteiger partial charge in [0.2, 0.25) is 0 Å². The quantitative estimate of drug-likeness (QED) is 0.726. The number of rotatable bonds is 3. The number of carbonyl (C=O) groups is 1. The minimum Gasteiger partial charge on any atom is -0.390 e. The maximum atomic E-state index is 16.0. The van der Waals surface area contributed by atoms with E-state index in [1.807, 2.05) is 19.9 Å². The first-order valence-electron chi connectivity index (χ1n) is 12.1. The Morgan fingerprint density at radius 3 is 2.61 bits per heavy atom. The molecule has 0 radical (unpaired) electrons. The lowest BCUT2D eigenvalue weighted by Crippen LogP contribution is -2.59. The third kappa shape index (κ3) is 3.30. The molecule has 31 heavy (non-hydrogen) atoms. The van der Waals surface area contributed by atoms with Gasteiger partial charge >= 0.3 is 0 Å². The zero-order valence-corrected chi connectivity index (χ0v) is 19.0. The van der Waals surface area contributed by atoms with Gasteiger partial charge in [-0.25, -0.2) is 8.78 Å². The number of hydrogen-bond donors (Lipinski definition) is 1. The van der Waals surface area contributed by atoms with Crippen molar-refractivity contribution in [3.63, 3.8) is 0 Å². The highest BCUT2D eigenvalue weighted by molar-refractivity contribution is 5.82. The number of halogens is 2. The molecule has 4 fully saturated rings. The predicted octanol–water partition coefficient (Wildman–Crippen LogP) is 5.03. The minimum absolute atomic E-state index is 0.0329. The molecule has 0 amide bonds. The molecule has 1 aromatic heterocycles. The second kappa shape index (κ2) is 7.10. The van der Waals surface area contributed by atoms with Crippen molar-refractivity contribution in [3.05, 3.63) is 18.0 Å². The summed E-state index contributed by atoms with van der Waals surface area (Å²) in [6.07, 6.45) is 7.31. The monoisotopic (exact) mass is 434 g/mol. The van der Waals surface area contributed by atoms with Crippen molar-refractivity contribution in [3.8, 4) is 0 Å². The largest absolute Gasteiger partial charge is 0.390 e. The second-order valence-electron chi connectivity index (χ2n) is 11.6. The van der Waals surface area contributed by atoms with Gasteiger partial charge in [-0.3, -0.25) is 9.48 Å². The second-order valence-corrected chi connectivity index (χ2v) is 11.6. The van der Waals surface area contributed by atoms with Crippen LogP contribution in [-0.2, 0) is 11.3 Å². The van der Waals surface area contributed by atoms with E-state index in [9.17, 15) is 9.90 Å². The van der Waals surface area contributed by atoms with E-state index >= 15 is 8.78 Å². The Kier molecular flexibility index (Phi) is 4.93. The fourth-order valence-corrected chi connectivity index (χ4v) is 8.37. The molecule has 0 aromatic carbocycles. The first-order chi connectivity index (χ1) is 14.5. The number of alkyl halides is 2. The number of aliphatic hydroxyl groups is 1. The van der Waals surface area contributed by atoms with Crippen LogP contribution in [0.25, 0.3) is 0 Å². The van der Waals surface area contributed by atoms with E-state index < -0.39 is 22.9 Å². The van der Waals surface area contributed by atoms with Gasteiger partial charge in [0.15, 0.2) is 5.78 Å². The van der Waals surface area contributed by atoms with Gasteiger partial charge in [0, 0.05) is 24.0 Å². The van der Waals surface area contributed by atoms with Gasteiger partial charge < -0.3 is 5.11 Å². The Hall–Kier alpha value is -1.30. The van der Waals surface area contributed by atoms with Crippen LogP contribution in [0.5, 0.6) is 0 Å². The summed E-state index contributed by atoms with van der Waals surface area (Å²) in [6.45, 7) is 5.57. The van der Waals surface area contributed by atoms with E-state index in [1.54, 1.807) is 17.8 Å². The van der Waals surface area contributed by atoms with Gasteiger partial charge in [0.25, 0.3) is 5.92 Å². The normalized spacial score (nSPS) is 46.1. The molecule has 0 saturated heterocycles. The van der Waals surface area contributed by atoms with Crippen LogP contribution in [0.2, 0.25) is 0 Å². The fourth-order valence-electron chi connectivity index (χ4n) is 8.37. The number of fused-ring (bicyclic) bond motifs is 5. The standard InChI is InChI=1S/C25H36F2N2O2/c1-15-9-11-29(28-15)14-22(30)21-7-6-20-18-5-4-16-12-23(2,31)10-8-17(16)19(18)13-25(26,27)24(20,21)3/h9,11,16-21,31H,4-8,10,12-14H2,1-3H3/t16-,17+,18-,19-,20+,21-,23-,24+/m1/s1. The number of aryl methyl sites for hydroxylation is 1. The Balaban J connectivity index is 1.40. The summed E-state index contributed by atoms with van der Waals surface area (Å²) in [5.74, 6) is -2.61. The summed E-state index contributed by atoms with van der Waals surface area (Å²) < 4.78 is 33.5. The van der Waals surface area contributed by atoms with E-state index in [0.717, 1.165) is 44.2 Å². The van der Waals surface area contributed by atoms with Crippen LogP contribution < -0.4 is 0 Å². The van der Waals surface area contributed by atoms with Gasteiger partial charge in [-0.1, -0.05) is 6.92 Å². The Morgan fingerprint density at radius 2 is 1.90 bits per heavy atom. The third-order valence-corrected chi connectivity index (χ3v) is 9.83. The van der Waals surface area contributed by atoms with Crippen LogP contribution in [0.3, 0.4) is 0 Å². The van der Waals surface area contributed by atoms with E-state index in [-0.39, 0.29) is 30.6 Å². The molecule has 8 atom stereocenters. The molecule has 1 aromatic rings. The lowest BCUT2D eigenvalue weighted by molar-refractivity contribution is -0.228. The van der Waals surface area contributed by atoms with E-state index in [2.05, 4.69) is 5.10 Å². The van der Waals surface area contributed by atoms with Crippen molar-refractivity contribution in [1.29, 1.82) is 0 Å². The lowest BCUT2D eigenvalue weighted by Gasteiger charge is -2.59. The number of hydrogen-bond acceptors (Lipinski definition) is 3. The van der Waals surface area contributed by atoms with Gasteiger partial charge in [-0.05, 0) is 94.4 Å². The molecule has 1 N–H and O–H groups in total. The zero-order chi connectivity index (χ0) is 22.2. The van der Waals surface area contributed by atoms with Crippen LogP contribution in [0, 0.1) is 47.8 Å². The molecular weight excluding hydrogens is 398 g/mol. The molecule has 1 heterocycles. The molecule has 0 aliphatic heterocycles. The molecular formula is C25H36F2N2O2. The molecule has 4 nitrogen and oxygen atoms in total. The van der Waals surface area contributed by atoms with Crippen LogP contribution in [-0.4, -0.2) is 32.2 Å². The maximum absolute atomic E-state index is 16.0. The molecule has 5 rings (SSSR count). The number of aromatic nitrogens is 2. The fraction of sp³-hybridized carbons (Fsp3) is 0.840. The molecule has 0 spiro atoms.